The van der Waals surface area contributed by atoms with E-state index in [4.69, 9.17) is 4.74 Å². The molecule has 2 aliphatic heterocycles. The van der Waals surface area contributed by atoms with Gasteiger partial charge in [0.2, 0.25) is 5.91 Å². The third-order valence-corrected chi connectivity index (χ3v) is 5.28. The fourth-order valence-corrected chi connectivity index (χ4v) is 4.08. The molecule has 0 saturated carbocycles. The van der Waals surface area contributed by atoms with Gasteiger partial charge >= 0.3 is 0 Å². The Kier molecular flexibility index (Phi) is 6.07. The van der Waals surface area contributed by atoms with E-state index in [9.17, 15) is 9.18 Å². The SMILES string of the molecule is C[C@H]1CN(CC2CCN(C(=O)Cc3ccccc3F)CC2)C[C@H](C)O1. The van der Waals surface area contributed by atoms with Crippen molar-refractivity contribution in [2.45, 2.75) is 45.3 Å². The summed E-state index contributed by atoms with van der Waals surface area (Å²) >= 11 is 0. The maximum absolute atomic E-state index is 13.7. The number of carbonyl (C=O) groups is 1. The summed E-state index contributed by atoms with van der Waals surface area (Å²) in [4.78, 5) is 16.8. The van der Waals surface area contributed by atoms with E-state index >= 15 is 0 Å². The molecule has 1 aromatic carbocycles. The highest BCUT2D eigenvalue weighted by Crippen LogP contribution is 2.21. The molecule has 0 radical (unpaired) electrons. The van der Waals surface area contributed by atoms with E-state index in [1.54, 1.807) is 18.2 Å². The van der Waals surface area contributed by atoms with E-state index < -0.39 is 0 Å². The lowest BCUT2D eigenvalue weighted by molar-refractivity contribution is -0.132. The lowest BCUT2D eigenvalue weighted by atomic mass is 9.95. The standard InChI is InChI=1S/C20H29FN2O2/c1-15-12-22(13-16(2)25-15)14-17-7-9-23(10-8-17)20(24)11-18-5-3-4-6-19(18)21/h3-6,15-17H,7-14H2,1-2H3/t15-,16-/m0/s1. The van der Waals surface area contributed by atoms with Gasteiger partial charge in [-0.2, -0.15) is 0 Å². The Hall–Kier alpha value is -1.46. The number of hydrogen-bond donors (Lipinski definition) is 0. The smallest absolute Gasteiger partial charge is 0.227 e. The van der Waals surface area contributed by atoms with Crippen molar-refractivity contribution >= 4 is 5.91 Å². The van der Waals surface area contributed by atoms with Crippen molar-refractivity contribution in [1.29, 1.82) is 0 Å². The van der Waals surface area contributed by atoms with Crippen LogP contribution in [0.15, 0.2) is 24.3 Å². The molecule has 0 bridgehead atoms. The van der Waals surface area contributed by atoms with Gasteiger partial charge in [0.05, 0.1) is 18.6 Å². The summed E-state index contributed by atoms with van der Waals surface area (Å²) in [6.45, 7) is 8.92. The van der Waals surface area contributed by atoms with Crippen LogP contribution in [0.1, 0.15) is 32.3 Å². The third kappa shape index (κ3) is 5.02. The van der Waals surface area contributed by atoms with Crippen molar-refractivity contribution < 1.29 is 13.9 Å². The van der Waals surface area contributed by atoms with Gasteiger partial charge in [0, 0.05) is 32.7 Å². The van der Waals surface area contributed by atoms with Crippen LogP contribution in [0.2, 0.25) is 0 Å². The molecule has 0 aliphatic carbocycles. The Balaban J connectivity index is 1.45. The van der Waals surface area contributed by atoms with Gasteiger partial charge in [-0.3, -0.25) is 9.69 Å². The Morgan fingerprint density at radius 1 is 1.16 bits per heavy atom. The maximum Gasteiger partial charge on any atom is 0.227 e. The van der Waals surface area contributed by atoms with E-state index in [-0.39, 0.29) is 18.1 Å². The van der Waals surface area contributed by atoms with Crippen LogP contribution in [0.25, 0.3) is 0 Å². The molecule has 0 N–H and O–H groups in total. The molecule has 2 saturated heterocycles. The molecule has 1 aromatic rings. The number of halogens is 1. The quantitative estimate of drug-likeness (QED) is 0.839. The van der Waals surface area contributed by atoms with Gasteiger partial charge < -0.3 is 9.64 Å². The van der Waals surface area contributed by atoms with Crippen molar-refractivity contribution in [3.8, 4) is 0 Å². The number of rotatable bonds is 4. The van der Waals surface area contributed by atoms with Crippen molar-refractivity contribution in [3.63, 3.8) is 0 Å². The zero-order valence-electron chi connectivity index (χ0n) is 15.3. The van der Waals surface area contributed by atoms with Gasteiger partial charge in [-0.15, -0.1) is 0 Å². The topological polar surface area (TPSA) is 32.8 Å². The summed E-state index contributed by atoms with van der Waals surface area (Å²) in [6.07, 6.45) is 2.82. The maximum atomic E-state index is 13.7. The Morgan fingerprint density at radius 3 is 2.44 bits per heavy atom. The number of ether oxygens (including phenoxy) is 1. The summed E-state index contributed by atoms with van der Waals surface area (Å²) < 4.78 is 19.5. The summed E-state index contributed by atoms with van der Waals surface area (Å²) in [5.41, 5.74) is 0.492. The van der Waals surface area contributed by atoms with Gasteiger partial charge in [0.15, 0.2) is 0 Å². The highest BCUT2D eigenvalue weighted by Gasteiger charge is 2.28. The van der Waals surface area contributed by atoms with Gasteiger partial charge in [-0.1, -0.05) is 18.2 Å². The van der Waals surface area contributed by atoms with Gasteiger partial charge in [0.1, 0.15) is 5.82 Å². The monoisotopic (exact) mass is 348 g/mol. The van der Waals surface area contributed by atoms with E-state index in [1.807, 2.05) is 4.90 Å². The van der Waals surface area contributed by atoms with E-state index in [0.717, 1.165) is 45.6 Å². The summed E-state index contributed by atoms with van der Waals surface area (Å²) in [6, 6.07) is 6.55. The molecular formula is C20H29FN2O2. The summed E-state index contributed by atoms with van der Waals surface area (Å²) in [5.74, 6) is 0.383. The van der Waals surface area contributed by atoms with Crippen LogP contribution in [0.5, 0.6) is 0 Å². The molecule has 2 aliphatic rings. The first-order valence-corrected chi connectivity index (χ1v) is 9.40. The average Bonchev–Trinajstić information content (AvgIpc) is 2.56. The minimum absolute atomic E-state index is 0.0390. The number of carbonyl (C=O) groups excluding carboxylic acids is 1. The van der Waals surface area contributed by atoms with Crippen molar-refractivity contribution in [3.05, 3.63) is 35.6 Å². The van der Waals surface area contributed by atoms with Crippen molar-refractivity contribution in [2.75, 3.05) is 32.7 Å². The number of amides is 1. The van der Waals surface area contributed by atoms with Gasteiger partial charge in [0.25, 0.3) is 0 Å². The van der Waals surface area contributed by atoms with Crippen LogP contribution in [0.4, 0.5) is 4.39 Å². The fourth-order valence-electron chi connectivity index (χ4n) is 4.08. The van der Waals surface area contributed by atoms with Crippen molar-refractivity contribution in [2.24, 2.45) is 5.92 Å². The summed E-state index contributed by atoms with van der Waals surface area (Å²) in [5, 5.41) is 0. The largest absolute Gasteiger partial charge is 0.373 e. The highest BCUT2D eigenvalue weighted by atomic mass is 19.1. The van der Waals surface area contributed by atoms with Gasteiger partial charge in [-0.05, 0) is 44.2 Å². The molecule has 4 nitrogen and oxygen atoms in total. The molecule has 0 aromatic heterocycles. The molecule has 2 fully saturated rings. The van der Waals surface area contributed by atoms with Crippen LogP contribution in [0, 0.1) is 11.7 Å². The highest BCUT2D eigenvalue weighted by molar-refractivity contribution is 5.78. The predicted octanol–water partition coefficient (Wildman–Crippen LogP) is 2.72. The molecule has 0 unspecified atom stereocenters. The molecule has 2 heterocycles. The van der Waals surface area contributed by atoms with Crippen LogP contribution in [-0.4, -0.2) is 60.6 Å². The first-order chi connectivity index (χ1) is 12.0. The zero-order chi connectivity index (χ0) is 17.8. The van der Waals surface area contributed by atoms with Crippen molar-refractivity contribution in [1.82, 2.24) is 9.80 Å². The van der Waals surface area contributed by atoms with E-state index in [0.29, 0.717) is 23.7 Å². The molecule has 1 amide bonds. The van der Waals surface area contributed by atoms with Gasteiger partial charge in [-0.25, -0.2) is 4.39 Å². The van der Waals surface area contributed by atoms with E-state index in [1.165, 1.54) is 6.07 Å². The predicted molar refractivity (Wildman–Crippen MR) is 95.9 cm³/mol. The molecule has 25 heavy (non-hydrogen) atoms. The van der Waals surface area contributed by atoms with Crippen LogP contribution >= 0.6 is 0 Å². The number of benzene rings is 1. The Labute approximate surface area is 149 Å². The third-order valence-electron chi connectivity index (χ3n) is 5.28. The van der Waals surface area contributed by atoms with Crippen LogP contribution in [-0.2, 0) is 16.0 Å². The first-order valence-electron chi connectivity index (χ1n) is 9.40. The Morgan fingerprint density at radius 2 is 1.80 bits per heavy atom. The number of morpholine rings is 1. The fraction of sp³-hybridized carbons (Fsp3) is 0.650. The first kappa shape index (κ1) is 18.3. The zero-order valence-corrected chi connectivity index (χ0v) is 15.3. The molecule has 2 atom stereocenters. The number of piperidine rings is 1. The summed E-state index contributed by atoms with van der Waals surface area (Å²) in [7, 11) is 0. The number of likely N-dealkylation sites (tertiary alicyclic amines) is 1. The number of hydrogen-bond acceptors (Lipinski definition) is 3. The second kappa shape index (κ2) is 8.28. The normalized spacial score (nSPS) is 26.0. The van der Waals surface area contributed by atoms with Crippen LogP contribution in [0.3, 0.4) is 0 Å². The molecule has 0 spiro atoms. The molecule has 138 valence electrons. The van der Waals surface area contributed by atoms with E-state index in [2.05, 4.69) is 18.7 Å². The van der Waals surface area contributed by atoms with Crippen LogP contribution < -0.4 is 0 Å². The Bertz CT molecular complexity index is 577. The second-order valence-electron chi connectivity index (χ2n) is 7.57. The lowest BCUT2D eigenvalue weighted by Crippen LogP contribution is -2.48. The minimum atomic E-state index is -0.290. The lowest BCUT2D eigenvalue weighted by Gasteiger charge is -2.39. The minimum Gasteiger partial charge on any atom is -0.373 e. The molecule has 5 heteroatoms. The second-order valence-corrected chi connectivity index (χ2v) is 7.57. The molecular weight excluding hydrogens is 319 g/mol. The number of nitrogens with zero attached hydrogens (tertiary/aromatic N) is 2. The molecule has 3 rings (SSSR count). The average molecular weight is 348 g/mol.